The Hall–Kier alpha value is -2.04. The number of rotatable bonds is 5. The van der Waals surface area contributed by atoms with E-state index in [2.05, 4.69) is 5.32 Å². The highest BCUT2D eigenvalue weighted by Crippen LogP contribution is 2.26. The minimum Gasteiger partial charge on any atom is -0.508 e. The van der Waals surface area contributed by atoms with Gasteiger partial charge in [-0.05, 0) is 36.5 Å². The summed E-state index contributed by atoms with van der Waals surface area (Å²) in [5, 5.41) is 21.2. The lowest BCUT2D eigenvalue weighted by Gasteiger charge is -2.28. The van der Waals surface area contributed by atoms with Crippen LogP contribution in [0.1, 0.15) is 37.7 Å². The molecule has 0 saturated heterocycles. The van der Waals surface area contributed by atoms with E-state index in [-0.39, 0.29) is 24.0 Å². The van der Waals surface area contributed by atoms with E-state index in [1.165, 1.54) is 12.1 Å². The molecule has 1 amide bonds. The van der Waals surface area contributed by atoms with Gasteiger partial charge in [-0.3, -0.25) is 4.79 Å². The third-order valence-electron chi connectivity index (χ3n) is 4.00. The van der Waals surface area contributed by atoms with E-state index < -0.39 is 12.0 Å². The molecule has 1 aromatic carbocycles. The predicted octanol–water partition coefficient (Wildman–Crippen LogP) is 2.08. The summed E-state index contributed by atoms with van der Waals surface area (Å²) in [5.41, 5.74) is 0.748. The van der Waals surface area contributed by atoms with Crippen molar-refractivity contribution in [2.75, 3.05) is 0 Å². The average Bonchev–Trinajstić information content (AvgIpc) is 2.48. The maximum atomic E-state index is 12.0. The van der Waals surface area contributed by atoms with Crippen LogP contribution in [0.25, 0.3) is 0 Å². The Morgan fingerprint density at radius 1 is 1.14 bits per heavy atom. The van der Waals surface area contributed by atoms with Crippen LogP contribution in [0.5, 0.6) is 5.75 Å². The molecule has 1 aromatic rings. The summed E-state index contributed by atoms with van der Waals surface area (Å²) in [7, 11) is 0. The predicted molar refractivity (Wildman–Crippen MR) is 78.0 cm³/mol. The highest BCUT2D eigenvalue weighted by Gasteiger charge is 2.30. The van der Waals surface area contributed by atoms with Crippen molar-refractivity contribution in [3.8, 4) is 5.75 Å². The van der Waals surface area contributed by atoms with Crippen LogP contribution in [-0.2, 0) is 16.0 Å². The average molecular weight is 291 g/mol. The smallest absolute Gasteiger partial charge is 0.326 e. The van der Waals surface area contributed by atoms with Crippen LogP contribution in [0.4, 0.5) is 0 Å². The molecule has 1 aliphatic rings. The summed E-state index contributed by atoms with van der Waals surface area (Å²) in [4.78, 5) is 23.4. The SMILES string of the molecule is O=C(Cc1ccc(O)cc1)NC(C(=O)O)C1CCCCC1. The number of aliphatic carboxylic acids is 1. The number of hydrogen-bond acceptors (Lipinski definition) is 3. The number of nitrogens with one attached hydrogen (secondary N) is 1. The van der Waals surface area contributed by atoms with Crippen molar-refractivity contribution >= 4 is 11.9 Å². The summed E-state index contributed by atoms with van der Waals surface area (Å²) in [6.45, 7) is 0. The van der Waals surface area contributed by atoms with Crippen LogP contribution in [-0.4, -0.2) is 28.1 Å². The Morgan fingerprint density at radius 3 is 2.33 bits per heavy atom. The molecule has 0 bridgehead atoms. The van der Waals surface area contributed by atoms with Crippen molar-refractivity contribution in [3.63, 3.8) is 0 Å². The summed E-state index contributed by atoms with van der Waals surface area (Å²) in [6, 6.07) is 5.54. The third-order valence-corrected chi connectivity index (χ3v) is 4.00. The minimum atomic E-state index is -0.957. The molecule has 1 saturated carbocycles. The van der Waals surface area contributed by atoms with Crippen LogP contribution in [0.2, 0.25) is 0 Å². The molecule has 0 aromatic heterocycles. The van der Waals surface area contributed by atoms with Crippen molar-refractivity contribution < 1.29 is 19.8 Å². The zero-order valence-electron chi connectivity index (χ0n) is 11.9. The summed E-state index contributed by atoms with van der Waals surface area (Å²) >= 11 is 0. The van der Waals surface area contributed by atoms with Crippen LogP contribution in [0.15, 0.2) is 24.3 Å². The fourth-order valence-corrected chi connectivity index (χ4v) is 2.87. The maximum Gasteiger partial charge on any atom is 0.326 e. The molecule has 0 aliphatic heterocycles. The Labute approximate surface area is 124 Å². The van der Waals surface area contributed by atoms with Gasteiger partial charge in [-0.2, -0.15) is 0 Å². The van der Waals surface area contributed by atoms with Gasteiger partial charge < -0.3 is 15.5 Å². The lowest BCUT2D eigenvalue weighted by molar-refractivity contribution is -0.143. The van der Waals surface area contributed by atoms with Gasteiger partial charge in [0.25, 0.3) is 0 Å². The zero-order valence-corrected chi connectivity index (χ0v) is 11.9. The van der Waals surface area contributed by atoms with Crippen molar-refractivity contribution in [2.45, 2.75) is 44.6 Å². The molecule has 0 spiro atoms. The van der Waals surface area contributed by atoms with E-state index in [0.29, 0.717) is 0 Å². The molecule has 5 nitrogen and oxygen atoms in total. The number of carboxylic acid groups (broad SMARTS) is 1. The topological polar surface area (TPSA) is 86.6 Å². The van der Waals surface area contributed by atoms with Gasteiger partial charge in [0.15, 0.2) is 0 Å². The number of amides is 1. The molecule has 0 heterocycles. The molecular formula is C16H21NO4. The summed E-state index contributed by atoms with van der Waals surface area (Å²) in [5.74, 6) is -1.08. The number of carbonyl (C=O) groups is 2. The molecule has 1 atom stereocenters. The van der Waals surface area contributed by atoms with Gasteiger partial charge in [0, 0.05) is 0 Å². The molecule has 1 unspecified atom stereocenters. The number of hydrogen-bond donors (Lipinski definition) is 3. The van der Waals surface area contributed by atoms with Crippen molar-refractivity contribution in [2.24, 2.45) is 5.92 Å². The summed E-state index contributed by atoms with van der Waals surface area (Å²) < 4.78 is 0. The Morgan fingerprint density at radius 2 is 1.76 bits per heavy atom. The molecule has 5 heteroatoms. The van der Waals surface area contributed by atoms with Gasteiger partial charge in [0.05, 0.1) is 6.42 Å². The van der Waals surface area contributed by atoms with Gasteiger partial charge in [0.2, 0.25) is 5.91 Å². The monoisotopic (exact) mass is 291 g/mol. The van der Waals surface area contributed by atoms with Gasteiger partial charge in [-0.25, -0.2) is 4.79 Å². The van der Waals surface area contributed by atoms with E-state index >= 15 is 0 Å². The zero-order chi connectivity index (χ0) is 15.2. The normalized spacial score (nSPS) is 17.1. The number of benzene rings is 1. The van der Waals surface area contributed by atoms with Gasteiger partial charge in [-0.1, -0.05) is 31.4 Å². The van der Waals surface area contributed by atoms with Crippen molar-refractivity contribution in [3.05, 3.63) is 29.8 Å². The number of aromatic hydroxyl groups is 1. The van der Waals surface area contributed by atoms with Crippen LogP contribution in [0, 0.1) is 5.92 Å². The lowest BCUT2D eigenvalue weighted by atomic mass is 9.84. The number of carbonyl (C=O) groups excluding carboxylic acids is 1. The molecule has 2 rings (SSSR count). The first-order valence-corrected chi connectivity index (χ1v) is 7.36. The summed E-state index contributed by atoms with van der Waals surface area (Å²) in [6.07, 6.45) is 5.04. The fraction of sp³-hybridized carbons (Fsp3) is 0.500. The molecule has 3 N–H and O–H groups in total. The maximum absolute atomic E-state index is 12.0. The molecule has 114 valence electrons. The quantitative estimate of drug-likeness (QED) is 0.775. The van der Waals surface area contributed by atoms with E-state index in [1.54, 1.807) is 12.1 Å². The van der Waals surface area contributed by atoms with Gasteiger partial charge in [-0.15, -0.1) is 0 Å². The van der Waals surface area contributed by atoms with Crippen molar-refractivity contribution in [1.29, 1.82) is 0 Å². The Balaban J connectivity index is 1.94. The standard InChI is InChI=1S/C16H21NO4/c18-13-8-6-11(7-9-13)10-14(19)17-15(16(20)21)12-4-2-1-3-5-12/h6-9,12,15,18H,1-5,10H2,(H,17,19)(H,20,21). The van der Waals surface area contributed by atoms with E-state index in [4.69, 9.17) is 0 Å². The first-order valence-electron chi connectivity index (χ1n) is 7.36. The van der Waals surface area contributed by atoms with Crippen LogP contribution >= 0.6 is 0 Å². The van der Waals surface area contributed by atoms with E-state index in [1.807, 2.05) is 0 Å². The number of phenolic OH excluding ortho intramolecular Hbond substituents is 1. The van der Waals surface area contributed by atoms with E-state index in [9.17, 15) is 19.8 Å². The largest absolute Gasteiger partial charge is 0.508 e. The minimum absolute atomic E-state index is 0.0278. The second kappa shape index (κ2) is 7.11. The first kappa shape index (κ1) is 15.4. The van der Waals surface area contributed by atoms with Gasteiger partial charge in [0.1, 0.15) is 11.8 Å². The molecule has 21 heavy (non-hydrogen) atoms. The lowest BCUT2D eigenvalue weighted by Crippen LogP contribution is -2.47. The Kier molecular flexibility index (Phi) is 5.20. The van der Waals surface area contributed by atoms with Crippen LogP contribution in [0.3, 0.4) is 0 Å². The van der Waals surface area contributed by atoms with Crippen LogP contribution < -0.4 is 5.32 Å². The number of carboxylic acids is 1. The molecular weight excluding hydrogens is 270 g/mol. The van der Waals surface area contributed by atoms with E-state index in [0.717, 1.165) is 37.7 Å². The number of phenols is 1. The molecule has 1 aliphatic carbocycles. The second-order valence-electron chi connectivity index (χ2n) is 5.62. The second-order valence-corrected chi connectivity index (χ2v) is 5.62. The fourth-order valence-electron chi connectivity index (χ4n) is 2.87. The van der Waals surface area contributed by atoms with Gasteiger partial charge >= 0.3 is 5.97 Å². The Bertz CT molecular complexity index is 492. The third kappa shape index (κ3) is 4.48. The highest BCUT2D eigenvalue weighted by atomic mass is 16.4. The van der Waals surface area contributed by atoms with Crippen molar-refractivity contribution in [1.82, 2.24) is 5.32 Å². The first-order chi connectivity index (χ1) is 10.1. The highest BCUT2D eigenvalue weighted by molar-refractivity contribution is 5.85. The molecule has 0 radical (unpaired) electrons. The molecule has 1 fully saturated rings.